The molecule has 3 amide bonds. The second-order valence-corrected chi connectivity index (χ2v) is 8.51. The van der Waals surface area contributed by atoms with Gasteiger partial charge in [-0.25, -0.2) is 4.79 Å². The lowest BCUT2D eigenvalue weighted by molar-refractivity contribution is 0.0668. The van der Waals surface area contributed by atoms with Crippen LogP contribution in [0.4, 0.5) is 4.79 Å². The molecule has 1 saturated heterocycles. The molecule has 3 N–H and O–H groups in total. The van der Waals surface area contributed by atoms with Crippen molar-refractivity contribution in [2.45, 2.75) is 26.2 Å². The van der Waals surface area contributed by atoms with E-state index in [0.29, 0.717) is 30.0 Å². The summed E-state index contributed by atoms with van der Waals surface area (Å²) < 4.78 is 0. The molecule has 4 aliphatic rings. The monoisotopic (exact) mass is 394 g/mol. The average molecular weight is 394 g/mol. The molecule has 1 aromatic rings. The molecular formula is C21H26N6O2. The third-order valence-corrected chi connectivity index (χ3v) is 6.85. The molecular weight excluding hydrogens is 368 g/mol. The van der Waals surface area contributed by atoms with Gasteiger partial charge in [-0.05, 0) is 54.7 Å². The quantitative estimate of drug-likeness (QED) is 0.730. The Balaban J connectivity index is 1.10. The molecule has 1 aliphatic carbocycles. The molecule has 0 aromatic carbocycles. The summed E-state index contributed by atoms with van der Waals surface area (Å²) in [6.45, 7) is 4.72. The van der Waals surface area contributed by atoms with Gasteiger partial charge in [0.05, 0.1) is 17.8 Å². The summed E-state index contributed by atoms with van der Waals surface area (Å²) in [5.74, 6) is 0.579. The minimum Gasteiger partial charge on any atom is -0.367 e. The van der Waals surface area contributed by atoms with Crippen molar-refractivity contribution in [3.05, 3.63) is 53.3 Å². The summed E-state index contributed by atoms with van der Waals surface area (Å²) in [5, 5.41) is 13.0. The fraction of sp³-hybridized carbons (Fsp3) is 0.476. The molecule has 5 rings (SSSR count). The van der Waals surface area contributed by atoms with Crippen LogP contribution in [-0.4, -0.2) is 58.1 Å². The Morgan fingerprint density at radius 1 is 1.34 bits per heavy atom. The van der Waals surface area contributed by atoms with Crippen LogP contribution < -0.4 is 10.6 Å². The summed E-state index contributed by atoms with van der Waals surface area (Å²) in [5.41, 5.74) is 3.94. The number of nitrogens with zero attached hydrogens (tertiary/aromatic N) is 3. The predicted molar refractivity (Wildman–Crippen MR) is 108 cm³/mol. The Labute approximate surface area is 169 Å². The molecule has 8 nitrogen and oxygen atoms in total. The molecule has 8 heteroatoms. The first kappa shape index (κ1) is 18.0. The number of likely N-dealkylation sites (tertiary alicyclic amines) is 1. The number of urea groups is 1. The first-order valence-electron chi connectivity index (χ1n) is 10.2. The molecule has 0 bridgehead atoms. The van der Waals surface area contributed by atoms with Crippen molar-refractivity contribution in [2.75, 3.05) is 26.2 Å². The Bertz CT molecular complexity index is 935. The van der Waals surface area contributed by atoms with Crippen molar-refractivity contribution in [1.29, 1.82) is 0 Å². The smallest absolute Gasteiger partial charge is 0.321 e. The topological polar surface area (TPSA) is 93.4 Å². The number of allylic oxidation sites excluding steroid dienone is 1. The van der Waals surface area contributed by atoms with Gasteiger partial charge in [-0.2, -0.15) is 5.10 Å². The van der Waals surface area contributed by atoms with E-state index in [-0.39, 0.29) is 11.9 Å². The number of aromatic nitrogens is 2. The van der Waals surface area contributed by atoms with Gasteiger partial charge in [0.2, 0.25) is 0 Å². The zero-order valence-electron chi connectivity index (χ0n) is 16.6. The van der Waals surface area contributed by atoms with Gasteiger partial charge in [0.15, 0.2) is 0 Å². The molecule has 29 heavy (non-hydrogen) atoms. The third kappa shape index (κ3) is 3.22. The van der Waals surface area contributed by atoms with E-state index in [1.54, 1.807) is 11.1 Å². The van der Waals surface area contributed by atoms with E-state index in [0.717, 1.165) is 49.2 Å². The summed E-state index contributed by atoms with van der Waals surface area (Å²) in [6, 6.07) is -0.0358. The second kappa shape index (κ2) is 6.79. The first-order valence-corrected chi connectivity index (χ1v) is 10.2. The number of aromatic amines is 1. The number of rotatable bonds is 3. The van der Waals surface area contributed by atoms with Crippen LogP contribution in [0.5, 0.6) is 0 Å². The molecule has 1 spiro atoms. The van der Waals surface area contributed by atoms with Gasteiger partial charge in [0.1, 0.15) is 0 Å². The lowest BCUT2D eigenvalue weighted by atomic mass is 9.90. The molecule has 0 radical (unpaired) electrons. The summed E-state index contributed by atoms with van der Waals surface area (Å²) in [6.07, 6.45) is 12.5. The van der Waals surface area contributed by atoms with Crippen LogP contribution >= 0.6 is 0 Å². The van der Waals surface area contributed by atoms with Gasteiger partial charge in [-0.3, -0.25) is 14.8 Å². The second-order valence-electron chi connectivity index (χ2n) is 8.51. The van der Waals surface area contributed by atoms with Crippen LogP contribution in [-0.2, 0) is 0 Å². The van der Waals surface area contributed by atoms with Gasteiger partial charge in [0.25, 0.3) is 5.91 Å². The highest BCUT2D eigenvalue weighted by Crippen LogP contribution is 2.59. The summed E-state index contributed by atoms with van der Waals surface area (Å²) in [7, 11) is 0. The number of amides is 3. The SMILES string of the molecule is Cc1n[nH]cc1C(=O)N1CCC2(CC1)CC2CNC(=O)N1C=C2C=CNC=C2C1. The van der Waals surface area contributed by atoms with E-state index in [1.165, 1.54) is 0 Å². The lowest BCUT2D eigenvalue weighted by Crippen LogP contribution is -2.41. The Hall–Kier alpha value is -3.03. The Morgan fingerprint density at radius 3 is 2.90 bits per heavy atom. The number of aryl methyl sites for hydroxylation is 1. The number of dihydropyridines is 1. The number of hydrogen-bond donors (Lipinski definition) is 3. The minimum absolute atomic E-state index is 0.0358. The van der Waals surface area contributed by atoms with Crippen molar-refractivity contribution in [3.8, 4) is 0 Å². The zero-order chi connectivity index (χ0) is 20.0. The fourth-order valence-corrected chi connectivity index (χ4v) is 4.81. The van der Waals surface area contributed by atoms with E-state index >= 15 is 0 Å². The lowest BCUT2D eigenvalue weighted by Gasteiger charge is -2.33. The predicted octanol–water partition coefficient (Wildman–Crippen LogP) is 1.87. The summed E-state index contributed by atoms with van der Waals surface area (Å²) in [4.78, 5) is 28.9. The van der Waals surface area contributed by atoms with Crippen molar-refractivity contribution < 1.29 is 9.59 Å². The maximum Gasteiger partial charge on any atom is 0.321 e. The molecule has 4 heterocycles. The number of carbonyl (C=O) groups excluding carboxylic acids is 2. The normalized spacial score (nSPS) is 24.0. The molecule has 152 valence electrons. The number of nitrogens with one attached hydrogen (secondary N) is 3. The van der Waals surface area contributed by atoms with E-state index in [1.807, 2.05) is 36.5 Å². The number of fused-ring (bicyclic) bond motifs is 1. The number of H-pyrrole nitrogens is 1. The fourth-order valence-electron chi connectivity index (χ4n) is 4.81. The van der Waals surface area contributed by atoms with Gasteiger partial charge in [-0.1, -0.05) is 0 Å². The standard InChI is InChI=1S/C21H26N6O2/c1-14-18(11-24-25-14)19(28)26-6-3-21(4-7-26)8-17(21)10-23-20(29)27-12-15-2-5-22-9-16(15)13-27/h2,5,9,11-12,17,22H,3-4,6-8,10,13H2,1H3,(H,23,29)(H,24,25). The van der Waals surface area contributed by atoms with Crippen molar-refractivity contribution in [2.24, 2.45) is 11.3 Å². The van der Waals surface area contributed by atoms with Crippen molar-refractivity contribution in [3.63, 3.8) is 0 Å². The van der Waals surface area contributed by atoms with Crippen LogP contribution in [0.1, 0.15) is 35.3 Å². The first-order chi connectivity index (χ1) is 14.1. The van der Waals surface area contributed by atoms with E-state index in [9.17, 15) is 9.59 Å². The molecule has 1 saturated carbocycles. The van der Waals surface area contributed by atoms with Gasteiger partial charge >= 0.3 is 6.03 Å². The number of hydrogen-bond acceptors (Lipinski definition) is 4. The molecule has 3 aliphatic heterocycles. The van der Waals surface area contributed by atoms with Crippen LogP contribution in [0, 0.1) is 18.3 Å². The van der Waals surface area contributed by atoms with Gasteiger partial charge < -0.3 is 15.5 Å². The maximum absolute atomic E-state index is 12.6. The molecule has 1 aromatic heterocycles. The minimum atomic E-state index is -0.0358. The van der Waals surface area contributed by atoms with Crippen LogP contribution in [0.25, 0.3) is 0 Å². The van der Waals surface area contributed by atoms with Crippen LogP contribution in [0.2, 0.25) is 0 Å². The largest absolute Gasteiger partial charge is 0.367 e. The van der Waals surface area contributed by atoms with Crippen LogP contribution in [0.3, 0.4) is 0 Å². The Kier molecular flexibility index (Phi) is 4.22. The molecule has 1 unspecified atom stereocenters. The number of piperidine rings is 1. The summed E-state index contributed by atoms with van der Waals surface area (Å²) >= 11 is 0. The highest BCUT2D eigenvalue weighted by atomic mass is 16.2. The van der Waals surface area contributed by atoms with Gasteiger partial charge in [-0.15, -0.1) is 0 Å². The van der Waals surface area contributed by atoms with E-state index in [2.05, 4.69) is 20.8 Å². The van der Waals surface area contributed by atoms with Crippen molar-refractivity contribution >= 4 is 11.9 Å². The maximum atomic E-state index is 12.6. The van der Waals surface area contributed by atoms with E-state index in [4.69, 9.17) is 0 Å². The van der Waals surface area contributed by atoms with Crippen LogP contribution in [0.15, 0.2) is 42.0 Å². The highest BCUT2D eigenvalue weighted by Gasteiger charge is 2.55. The Morgan fingerprint density at radius 2 is 2.17 bits per heavy atom. The highest BCUT2D eigenvalue weighted by molar-refractivity contribution is 5.95. The average Bonchev–Trinajstić information content (AvgIpc) is 3.08. The van der Waals surface area contributed by atoms with Crippen molar-refractivity contribution in [1.82, 2.24) is 30.6 Å². The third-order valence-electron chi connectivity index (χ3n) is 6.85. The molecule has 2 fully saturated rings. The molecule has 1 atom stereocenters. The zero-order valence-corrected chi connectivity index (χ0v) is 16.6. The van der Waals surface area contributed by atoms with E-state index < -0.39 is 0 Å². The number of carbonyl (C=O) groups is 2. The van der Waals surface area contributed by atoms with Gasteiger partial charge in [0, 0.05) is 44.4 Å².